The van der Waals surface area contributed by atoms with E-state index in [1.807, 2.05) is 0 Å². The molecule has 0 radical (unpaired) electrons. The van der Waals surface area contributed by atoms with Crippen molar-refractivity contribution in [3.8, 4) is 5.75 Å². The molecule has 4 nitrogen and oxygen atoms in total. The summed E-state index contributed by atoms with van der Waals surface area (Å²) in [6, 6.07) is 6.84. The Morgan fingerprint density at radius 3 is 2.38 bits per heavy atom. The van der Waals surface area contributed by atoms with Crippen LogP contribution in [0.2, 0.25) is 0 Å². The van der Waals surface area contributed by atoms with Crippen molar-refractivity contribution in [2.45, 2.75) is 6.04 Å². The van der Waals surface area contributed by atoms with Gasteiger partial charge in [-0.05, 0) is 23.7 Å². The summed E-state index contributed by atoms with van der Waals surface area (Å²) in [6.45, 7) is 0. The number of phenolic OH excluding ortho intramolecular Hbond substituents is 1. The summed E-state index contributed by atoms with van der Waals surface area (Å²) in [5.41, 5.74) is -0.0209. The maximum Gasteiger partial charge on any atom is 0.283 e. The van der Waals surface area contributed by atoms with Crippen LogP contribution in [-0.4, -0.2) is 24.8 Å². The summed E-state index contributed by atoms with van der Waals surface area (Å²) in [5, 5.41) is 23.0. The molecule has 0 unspecified atom stereocenters. The summed E-state index contributed by atoms with van der Waals surface area (Å²) < 4.78 is 0. The van der Waals surface area contributed by atoms with Crippen LogP contribution in [0.1, 0.15) is 5.56 Å². The van der Waals surface area contributed by atoms with Crippen LogP contribution in [0.15, 0.2) is 24.3 Å². The van der Waals surface area contributed by atoms with E-state index in [0.717, 1.165) is 5.56 Å². The third-order valence-corrected chi connectivity index (χ3v) is 3.25. The fourth-order valence-corrected chi connectivity index (χ4v) is 1.93. The van der Waals surface area contributed by atoms with Crippen molar-refractivity contribution in [1.82, 2.24) is 0 Å². The number of rotatable bonds is 3. The van der Waals surface area contributed by atoms with Gasteiger partial charge in [0.1, 0.15) is 5.75 Å². The number of aromatic hydroxyl groups is 1. The molecule has 0 fully saturated rings. The molecule has 1 rings (SSSR count). The molecule has 0 heterocycles. The number of carbonyl (C=O) groups is 1. The van der Waals surface area contributed by atoms with Crippen LogP contribution in [-0.2, 0) is 6.04 Å². The normalized spacial score (nSPS) is 12.4. The van der Waals surface area contributed by atoms with Gasteiger partial charge in [0.2, 0.25) is 8.96 Å². The Morgan fingerprint density at radius 2 is 1.92 bits per heavy atom. The second-order valence-electron chi connectivity index (χ2n) is 2.82. The van der Waals surface area contributed by atoms with Crippen LogP contribution in [0.4, 0.5) is 4.79 Å². The van der Waals surface area contributed by atoms with Gasteiger partial charge in [0.25, 0.3) is 5.59 Å². The van der Waals surface area contributed by atoms with Gasteiger partial charge in [-0.2, -0.15) is 0 Å². The Kier molecular flexibility index (Phi) is 3.05. The molecule has 13 heavy (non-hydrogen) atoms. The molecule has 5 heteroatoms. The molecule has 0 saturated carbocycles. The Hall–Kier alpha value is -1.33. The van der Waals surface area contributed by atoms with Crippen LogP contribution in [0.25, 0.3) is 0 Å². The number of hydrogen-bond donors (Lipinski definition) is 3. The first-order chi connectivity index (χ1) is 6.09. The van der Waals surface area contributed by atoms with E-state index in [1.54, 1.807) is 12.1 Å². The molecular weight excluding hydrogens is 186 g/mol. The van der Waals surface area contributed by atoms with Gasteiger partial charge in [0.05, 0.1) is 0 Å². The summed E-state index contributed by atoms with van der Waals surface area (Å²) in [6.07, 6.45) is 0. The lowest BCUT2D eigenvalue weighted by Crippen LogP contribution is -2.37. The van der Waals surface area contributed by atoms with Gasteiger partial charge in [-0.15, -0.1) is 0 Å². The number of carboxylic acid groups (broad SMARTS) is 1. The molecule has 0 saturated heterocycles. The Morgan fingerprint density at radius 1 is 1.38 bits per heavy atom. The minimum Gasteiger partial charge on any atom is -0.508 e. The molecule has 4 N–H and O–H groups in total. The minimum atomic E-state index is -2.18. The smallest absolute Gasteiger partial charge is 0.283 e. The predicted octanol–water partition coefficient (Wildman–Crippen LogP) is 0.416. The monoisotopic (exact) mass is 197 g/mol. The SMILES string of the molecule is N[Si@@H](Cc1ccc(O)cc1)C(=O)O. The highest BCUT2D eigenvalue weighted by Gasteiger charge is 2.14. The van der Waals surface area contributed by atoms with Gasteiger partial charge in [-0.3, -0.25) is 4.79 Å². The first-order valence-electron chi connectivity index (χ1n) is 3.86. The molecule has 0 aliphatic heterocycles. The summed E-state index contributed by atoms with van der Waals surface area (Å²) in [5.74, 6) is 0.175. The maximum absolute atomic E-state index is 10.5. The van der Waals surface area contributed by atoms with E-state index in [9.17, 15) is 4.79 Å². The molecule has 1 atom stereocenters. The van der Waals surface area contributed by atoms with E-state index in [1.165, 1.54) is 12.1 Å². The molecular formula is C8H11NO3Si. The summed E-state index contributed by atoms with van der Waals surface area (Å²) in [7, 11) is -2.18. The van der Waals surface area contributed by atoms with Crippen LogP contribution < -0.4 is 5.40 Å². The molecule has 0 aromatic heterocycles. The third kappa shape index (κ3) is 2.88. The lowest BCUT2D eigenvalue weighted by Gasteiger charge is -2.03. The largest absolute Gasteiger partial charge is 0.508 e. The van der Waals surface area contributed by atoms with Crippen molar-refractivity contribution in [3.05, 3.63) is 29.8 Å². The first-order valence-corrected chi connectivity index (χ1v) is 5.92. The number of hydrogen-bond acceptors (Lipinski definition) is 3. The van der Waals surface area contributed by atoms with Crippen molar-refractivity contribution in [2.24, 2.45) is 5.40 Å². The second-order valence-corrected chi connectivity index (χ2v) is 4.93. The zero-order chi connectivity index (χ0) is 9.84. The first kappa shape index (κ1) is 9.75. The minimum absolute atomic E-state index is 0.175. The standard InChI is InChI=1S/C8H11NO3Si/c9-13(8(11)12)5-6-1-3-7(10)4-2-6/h1-4,10,13H,5,9H2,(H,11,12)/t13-/m0/s1. The average Bonchev–Trinajstić information content (AvgIpc) is 2.08. The lowest BCUT2D eigenvalue weighted by molar-refractivity contribution is 0.218. The zero-order valence-corrected chi connectivity index (χ0v) is 8.13. The van der Waals surface area contributed by atoms with Gasteiger partial charge < -0.3 is 15.6 Å². The topological polar surface area (TPSA) is 83.5 Å². The summed E-state index contributed by atoms with van der Waals surface area (Å²) >= 11 is 0. The number of benzene rings is 1. The maximum atomic E-state index is 10.5. The van der Waals surface area contributed by atoms with E-state index in [-0.39, 0.29) is 5.75 Å². The molecule has 0 spiro atoms. The van der Waals surface area contributed by atoms with Gasteiger partial charge in [0, 0.05) is 0 Å². The van der Waals surface area contributed by atoms with Crippen molar-refractivity contribution in [2.75, 3.05) is 0 Å². The fraction of sp³-hybridized carbons (Fsp3) is 0.125. The fourth-order valence-electron chi connectivity index (χ4n) is 0.973. The molecule has 0 amide bonds. The number of phenols is 1. The van der Waals surface area contributed by atoms with E-state index in [0.29, 0.717) is 6.04 Å². The van der Waals surface area contributed by atoms with Crippen LogP contribution in [0.5, 0.6) is 5.75 Å². The van der Waals surface area contributed by atoms with Gasteiger partial charge in [0.15, 0.2) is 0 Å². The van der Waals surface area contributed by atoms with Gasteiger partial charge in [-0.1, -0.05) is 12.1 Å². The molecule has 0 bridgehead atoms. The van der Waals surface area contributed by atoms with Gasteiger partial charge >= 0.3 is 0 Å². The van der Waals surface area contributed by atoms with Crippen LogP contribution in [0, 0.1) is 0 Å². The van der Waals surface area contributed by atoms with E-state index < -0.39 is 14.6 Å². The highest BCUT2D eigenvalue weighted by atomic mass is 28.3. The van der Waals surface area contributed by atoms with E-state index >= 15 is 0 Å². The van der Waals surface area contributed by atoms with Crippen LogP contribution in [0.3, 0.4) is 0 Å². The predicted molar refractivity (Wildman–Crippen MR) is 51.2 cm³/mol. The Balaban J connectivity index is 2.64. The van der Waals surface area contributed by atoms with Crippen molar-refractivity contribution in [1.29, 1.82) is 0 Å². The summed E-state index contributed by atoms with van der Waals surface area (Å²) in [4.78, 5) is 10.5. The Bertz CT molecular complexity index is 299. The second kappa shape index (κ2) is 4.06. The molecule has 1 aromatic rings. The molecule has 0 aliphatic rings. The average molecular weight is 197 g/mol. The molecule has 1 aromatic carbocycles. The van der Waals surface area contributed by atoms with Crippen molar-refractivity contribution >= 4 is 14.6 Å². The Labute approximate surface area is 77.3 Å². The highest BCUT2D eigenvalue weighted by molar-refractivity contribution is 6.85. The highest BCUT2D eigenvalue weighted by Crippen LogP contribution is 2.10. The third-order valence-electron chi connectivity index (χ3n) is 1.71. The molecule has 70 valence electrons. The quantitative estimate of drug-likeness (QED) is 0.613. The van der Waals surface area contributed by atoms with Crippen molar-refractivity contribution < 1.29 is 15.0 Å². The van der Waals surface area contributed by atoms with Crippen molar-refractivity contribution in [3.63, 3.8) is 0 Å². The molecule has 0 aliphatic carbocycles. The number of nitrogens with two attached hydrogens (primary N) is 1. The van der Waals surface area contributed by atoms with E-state index in [2.05, 4.69) is 0 Å². The van der Waals surface area contributed by atoms with E-state index in [4.69, 9.17) is 15.6 Å². The van der Waals surface area contributed by atoms with Gasteiger partial charge in [-0.25, -0.2) is 0 Å². The lowest BCUT2D eigenvalue weighted by atomic mass is 10.2. The van der Waals surface area contributed by atoms with Crippen LogP contribution >= 0.6 is 0 Å². The zero-order valence-electron chi connectivity index (χ0n) is 6.97.